The van der Waals surface area contributed by atoms with Crippen LogP contribution >= 0.6 is 11.3 Å². The first-order valence-electron chi connectivity index (χ1n) is 12.5. The standard InChI is InChI=1S/C29H24N2O8S/c1-3-37-21-12-15(4-8-19(21)32)25-24(26(33)16-5-9-20-22(13-16)39-11-10-38-20)27(34)28(35)31(25)29-30-18-7-6-17(36-2)14-23(18)40-29/h4-9,12-14,25,32-33H,3,10-11H2,1-2H3. The lowest BCUT2D eigenvalue weighted by Gasteiger charge is -2.24. The number of phenolic OH excluding ortho intramolecular Hbond substituents is 1. The molecule has 10 nitrogen and oxygen atoms in total. The van der Waals surface area contributed by atoms with Crippen LogP contribution in [0.15, 0.2) is 60.2 Å². The number of Topliss-reactive ketones (excluding diaryl/α,β-unsaturated/α-hetero) is 1. The molecule has 11 heteroatoms. The normalized spacial score (nSPS) is 17.9. The number of hydrogen-bond acceptors (Lipinski definition) is 10. The largest absolute Gasteiger partial charge is 0.507 e. The van der Waals surface area contributed by atoms with E-state index in [-0.39, 0.29) is 40.1 Å². The number of amides is 1. The molecule has 40 heavy (non-hydrogen) atoms. The van der Waals surface area contributed by atoms with Crippen LogP contribution in [0.25, 0.3) is 16.0 Å². The van der Waals surface area contributed by atoms with E-state index >= 15 is 0 Å². The monoisotopic (exact) mass is 560 g/mol. The highest BCUT2D eigenvalue weighted by atomic mass is 32.1. The zero-order valence-corrected chi connectivity index (χ0v) is 22.4. The Labute approximate surface area is 232 Å². The summed E-state index contributed by atoms with van der Waals surface area (Å²) in [4.78, 5) is 33.1. The molecule has 2 N–H and O–H groups in total. The number of ketones is 1. The first-order valence-corrected chi connectivity index (χ1v) is 13.3. The van der Waals surface area contributed by atoms with Gasteiger partial charge in [0.25, 0.3) is 5.78 Å². The molecule has 1 unspecified atom stereocenters. The fraction of sp³-hybridized carbons (Fsp3) is 0.207. The molecule has 3 heterocycles. The topological polar surface area (TPSA) is 128 Å². The number of carbonyl (C=O) groups excluding carboxylic acids is 2. The Balaban J connectivity index is 1.54. The first kappa shape index (κ1) is 25.5. The number of hydrogen-bond donors (Lipinski definition) is 2. The fourth-order valence-electron chi connectivity index (χ4n) is 4.79. The fourth-order valence-corrected chi connectivity index (χ4v) is 5.81. The summed E-state index contributed by atoms with van der Waals surface area (Å²) in [5.41, 5.74) is 1.21. The van der Waals surface area contributed by atoms with Crippen molar-refractivity contribution in [2.24, 2.45) is 0 Å². The van der Waals surface area contributed by atoms with Gasteiger partial charge in [0.1, 0.15) is 24.7 Å². The Morgan fingerprint density at radius 1 is 1.07 bits per heavy atom. The van der Waals surface area contributed by atoms with Crippen LogP contribution in [0.1, 0.15) is 24.1 Å². The predicted octanol–water partition coefficient (Wildman–Crippen LogP) is 4.81. The summed E-state index contributed by atoms with van der Waals surface area (Å²) in [6, 6.07) is 13.6. The second-order valence-electron chi connectivity index (χ2n) is 9.02. The maximum Gasteiger partial charge on any atom is 0.301 e. The van der Waals surface area contributed by atoms with Gasteiger partial charge in [0, 0.05) is 5.56 Å². The number of aliphatic hydroxyl groups excluding tert-OH is 1. The van der Waals surface area contributed by atoms with Crippen molar-refractivity contribution in [2.45, 2.75) is 13.0 Å². The Hall–Kier alpha value is -4.77. The molecule has 1 fully saturated rings. The lowest BCUT2D eigenvalue weighted by atomic mass is 9.95. The molecule has 3 aromatic carbocycles. The number of aliphatic hydroxyl groups is 1. The van der Waals surface area contributed by atoms with Crippen molar-refractivity contribution in [3.05, 3.63) is 71.3 Å². The van der Waals surface area contributed by atoms with Gasteiger partial charge in [0.15, 0.2) is 28.1 Å². The van der Waals surface area contributed by atoms with Crippen LogP contribution in [0, 0.1) is 0 Å². The van der Waals surface area contributed by atoms with Gasteiger partial charge in [-0.25, -0.2) is 4.98 Å². The highest BCUT2D eigenvalue weighted by molar-refractivity contribution is 7.22. The summed E-state index contributed by atoms with van der Waals surface area (Å²) in [5.74, 6) is -0.452. The van der Waals surface area contributed by atoms with Gasteiger partial charge in [-0.05, 0) is 61.0 Å². The number of carbonyl (C=O) groups is 2. The molecule has 1 aromatic heterocycles. The van der Waals surface area contributed by atoms with Crippen LogP contribution in [0.3, 0.4) is 0 Å². The van der Waals surface area contributed by atoms with E-state index in [1.165, 1.54) is 22.3 Å². The van der Waals surface area contributed by atoms with Gasteiger partial charge < -0.3 is 29.2 Å². The van der Waals surface area contributed by atoms with Crippen LogP contribution in [0.5, 0.6) is 28.7 Å². The van der Waals surface area contributed by atoms with E-state index < -0.39 is 17.7 Å². The third-order valence-electron chi connectivity index (χ3n) is 6.65. The summed E-state index contributed by atoms with van der Waals surface area (Å²) in [7, 11) is 1.56. The van der Waals surface area contributed by atoms with Crippen LogP contribution in [-0.2, 0) is 9.59 Å². The van der Waals surface area contributed by atoms with Gasteiger partial charge in [-0.3, -0.25) is 14.5 Å². The van der Waals surface area contributed by atoms with Crippen LogP contribution in [-0.4, -0.2) is 53.8 Å². The highest BCUT2D eigenvalue weighted by Crippen LogP contribution is 2.46. The summed E-state index contributed by atoms with van der Waals surface area (Å²) in [6.07, 6.45) is 0. The number of fused-ring (bicyclic) bond motifs is 2. The summed E-state index contributed by atoms with van der Waals surface area (Å²) >= 11 is 1.21. The van der Waals surface area contributed by atoms with Gasteiger partial charge in [0.2, 0.25) is 0 Å². The van der Waals surface area contributed by atoms with Crippen LogP contribution < -0.4 is 23.8 Å². The van der Waals surface area contributed by atoms with Crippen molar-refractivity contribution in [3.63, 3.8) is 0 Å². The Morgan fingerprint density at radius 2 is 1.88 bits per heavy atom. The van der Waals surface area contributed by atoms with Crippen LogP contribution in [0.2, 0.25) is 0 Å². The van der Waals surface area contributed by atoms with Gasteiger partial charge in [0.05, 0.1) is 35.5 Å². The van der Waals surface area contributed by atoms with Gasteiger partial charge in [-0.2, -0.15) is 0 Å². The third kappa shape index (κ3) is 4.24. The number of aromatic nitrogens is 1. The van der Waals surface area contributed by atoms with E-state index in [2.05, 4.69) is 4.98 Å². The number of benzene rings is 3. The smallest absolute Gasteiger partial charge is 0.301 e. The van der Waals surface area contributed by atoms with Crippen molar-refractivity contribution in [2.75, 3.05) is 31.8 Å². The molecular weight excluding hydrogens is 536 g/mol. The zero-order chi connectivity index (χ0) is 28.0. The summed E-state index contributed by atoms with van der Waals surface area (Å²) < 4.78 is 22.9. The number of anilines is 1. The summed E-state index contributed by atoms with van der Waals surface area (Å²) in [6.45, 7) is 2.81. The van der Waals surface area contributed by atoms with Crippen molar-refractivity contribution in [3.8, 4) is 28.7 Å². The van der Waals surface area contributed by atoms with Gasteiger partial charge in [-0.1, -0.05) is 17.4 Å². The number of methoxy groups -OCH3 is 1. The predicted molar refractivity (Wildman–Crippen MR) is 148 cm³/mol. The number of nitrogens with zero attached hydrogens (tertiary/aromatic N) is 2. The molecule has 2 aliphatic rings. The third-order valence-corrected chi connectivity index (χ3v) is 7.67. The molecular formula is C29H24N2O8S. The molecule has 1 amide bonds. The average Bonchev–Trinajstić information content (AvgIpc) is 3.51. The second-order valence-corrected chi connectivity index (χ2v) is 10.0. The quantitative estimate of drug-likeness (QED) is 0.194. The number of rotatable bonds is 6. The van der Waals surface area contributed by atoms with E-state index in [1.54, 1.807) is 62.6 Å². The lowest BCUT2D eigenvalue weighted by molar-refractivity contribution is -0.132. The van der Waals surface area contributed by atoms with Crippen molar-refractivity contribution in [1.29, 1.82) is 0 Å². The minimum absolute atomic E-state index is 0.0959. The highest BCUT2D eigenvalue weighted by Gasteiger charge is 2.48. The maximum atomic E-state index is 13.6. The second kappa shape index (κ2) is 10.1. The van der Waals surface area contributed by atoms with E-state index in [0.717, 1.165) is 4.70 Å². The Kier molecular flexibility index (Phi) is 6.43. The number of thiazole rings is 1. The van der Waals surface area contributed by atoms with E-state index in [9.17, 15) is 19.8 Å². The van der Waals surface area contributed by atoms with Gasteiger partial charge >= 0.3 is 5.91 Å². The lowest BCUT2D eigenvalue weighted by Crippen LogP contribution is -2.29. The molecule has 0 aliphatic carbocycles. The van der Waals surface area contributed by atoms with Crippen molar-refractivity contribution in [1.82, 2.24) is 4.98 Å². The Bertz CT molecular complexity index is 1690. The first-order chi connectivity index (χ1) is 19.4. The van der Waals surface area contributed by atoms with E-state index in [0.29, 0.717) is 41.5 Å². The molecule has 0 spiro atoms. The molecule has 204 valence electrons. The number of phenols is 1. The Morgan fingerprint density at radius 3 is 2.65 bits per heavy atom. The molecule has 4 aromatic rings. The molecule has 1 atom stereocenters. The molecule has 1 saturated heterocycles. The SMILES string of the molecule is CCOc1cc(C2C(=C(O)c3ccc4c(c3)OCCO4)C(=O)C(=O)N2c2nc3ccc(OC)cc3s2)ccc1O. The maximum absolute atomic E-state index is 13.6. The van der Waals surface area contributed by atoms with Crippen molar-refractivity contribution < 1.29 is 38.7 Å². The minimum atomic E-state index is -1.06. The average molecular weight is 561 g/mol. The van der Waals surface area contributed by atoms with Gasteiger partial charge in [-0.15, -0.1) is 0 Å². The molecule has 0 bridgehead atoms. The molecule has 0 saturated carbocycles. The molecule has 2 aliphatic heterocycles. The van der Waals surface area contributed by atoms with E-state index in [4.69, 9.17) is 18.9 Å². The van der Waals surface area contributed by atoms with Crippen LogP contribution in [0.4, 0.5) is 5.13 Å². The summed E-state index contributed by atoms with van der Waals surface area (Å²) in [5, 5.41) is 22.1. The van der Waals surface area contributed by atoms with E-state index in [1.807, 2.05) is 0 Å². The molecule has 6 rings (SSSR count). The number of ether oxygens (including phenoxy) is 4. The minimum Gasteiger partial charge on any atom is -0.507 e. The molecule has 0 radical (unpaired) electrons. The zero-order valence-electron chi connectivity index (χ0n) is 21.5. The van der Waals surface area contributed by atoms with Crippen molar-refractivity contribution >= 4 is 44.1 Å². The number of aromatic hydroxyl groups is 1.